The van der Waals surface area contributed by atoms with Gasteiger partial charge in [-0.25, -0.2) is 8.42 Å². The summed E-state index contributed by atoms with van der Waals surface area (Å²) in [6.07, 6.45) is 2.47. The van der Waals surface area contributed by atoms with Crippen LogP contribution in [0.25, 0.3) is 0 Å². The Bertz CT molecular complexity index is 528. The predicted octanol–water partition coefficient (Wildman–Crippen LogP) is 1.05. The van der Waals surface area contributed by atoms with Gasteiger partial charge in [-0.05, 0) is 43.4 Å². The Morgan fingerprint density at radius 1 is 1.42 bits per heavy atom. The Hall–Kier alpha value is -1.11. The Morgan fingerprint density at radius 2 is 2.21 bits per heavy atom. The Labute approximate surface area is 114 Å². The first kappa shape index (κ1) is 14.3. The van der Waals surface area contributed by atoms with Crippen LogP contribution in [0.4, 0.5) is 5.69 Å². The summed E-state index contributed by atoms with van der Waals surface area (Å²) in [5, 5.41) is 8.98. The minimum atomic E-state index is -3.46. The van der Waals surface area contributed by atoms with Crippen LogP contribution < -0.4 is 5.73 Å². The molecule has 0 spiro atoms. The number of nitrogens with two attached hydrogens (primary N) is 1. The highest BCUT2D eigenvalue weighted by atomic mass is 32.2. The molecule has 1 heterocycles. The Kier molecular flexibility index (Phi) is 4.44. The predicted molar refractivity (Wildman–Crippen MR) is 74.0 cm³/mol. The summed E-state index contributed by atoms with van der Waals surface area (Å²) in [7, 11) is -3.46. The third-order valence-corrected chi connectivity index (χ3v) is 5.38. The van der Waals surface area contributed by atoms with Crippen LogP contribution >= 0.6 is 0 Å². The van der Waals surface area contributed by atoms with E-state index in [1.807, 2.05) is 0 Å². The van der Waals surface area contributed by atoms with Gasteiger partial charge in [0.1, 0.15) is 0 Å². The molecule has 3 N–H and O–H groups in total. The average molecular weight is 284 g/mol. The number of aliphatic hydroxyl groups excluding tert-OH is 1. The van der Waals surface area contributed by atoms with E-state index < -0.39 is 10.0 Å². The molecule has 1 fully saturated rings. The zero-order chi connectivity index (χ0) is 13.9. The SMILES string of the molecule is Nc1cccc(S(=O)(=O)N2CCCC(CCO)C2)c1. The number of rotatable bonds is 4. The molecule has 2 rings (SSSR count). The molecule has 0 aliphatic carbocycles. The molecule has 1 aliphatic heterocycles. The van der Waals surface area contributed by atoms with Gasteiger partial charge in [-0.2, -0.15) is 4.31 Å². The van der Waals surface area contributed by atoms with Crippen LogP contribution in [-0.2, 0) is 10.0 Å². The van der Waals surface area contributed by atoms with Crippen LogP contribution in [0, 0.1) is 5.92 Å². The summed E-state index contributed by atoms with van der Waals surface area (Å²) in [5.41, 5.74) is 6.09. The number of aliphatic hydroxyl groups is 1. The summed E-state index contributed by atoms with van der Waals surface area (Å²) >= 11 is 0. The van der Waals surface area contributed by atoms with Crippen LogP contribution in [0.15, 0.2) is 29.2 Å². The first-order valence-corrected chi connectivity index (χ1v) is 7.94. The number of nitrogens with zero attached hydrogens (tertiary/aromatic N) is 1. The third-order valence-electron chi connectivity index (χ3n) is 3.51. The standard InChI is InChI=1S/C13H20N2O3S/c14-12-4-1-5-13(9-12)19(17,18)15-7-2-3-11(10-15)6-8-16/h1,4-5,9,11,16H,2-3,6-8,10,14H2. The number of piperidine rings is 1. The van der Waals surface area contributed by atoms with Crippen LogP contribution in [0.2, 0.25) is 0 Å². The van der Waals surface area contributed by atoms with Crippen molar-refractivity contribution in [2.75, 3.05) is 25.4 Å². The van der Waals surface area contributed by atoms with Crippen LogP contribution in [0.3, 0.4) is 0 Å². The second-order valence-corrected chi connectivity index (χ2v) is 6.89. The molecule has 106 valence electrons. The monoisotopic (exact) mass is 284 g/mol. The van der Waals surface area contributed by atoms with Crippen molar-refractivity contribution in [3.05, 3.63) is 24.3 Å². The number of hydrogen-bond donors (Lipinski definition) is 2. The van der Waals surface area contributed by atoms with Gasteiger partial charge < -0.3 is 10.8 Å². The van der Waals surface area contributed by atoms with Gasteiger partial charge in [-0.1, -0.05) is 6.07 Å². The van der Waals surface area contributed by atoms with Gasteiger partial charge in [0, 0.05) is 25.4 Å². The topological polar surface area (TPSA) is 83.6 Å². The molecule has 1 aliphatic rings. The molecule has 1 aromatic carbocycles. The van der Waals surface area contributed by atoms with Crippen molar-refractivity contribution in [1.29, 1.82) is 0 Å². The minimum Gasteiger partial charge on any atom is -0.399 e. The molecule has 6 heteroatoms. The largest absolute Gasteiger partial charge is 0.399 e. The summed E-state index contributed by atoms with van der Waals surface area (Å²) < 4.78 is 26.5. The fourth-order valence-corrected chi connectivity index (χ4v) is 4.10. The minimum absolute atomic E-state index is 0.108. The zero-order valence-corrected chi connectivity index (χ0v) is 11.6. The van der Waals surface area contributed by atoms with Gasteiger partial charge in [0.05, 0.1) is 4.90 Å². The van der Waals surface area contributed by atoms with Crippen molar-refractivity contribution in [3.8, 4) is 0 Å². The smallest absolute Gasteiger partial charge is 0.243 e. The fourth-order valence-electron chi connectivity index (χ4n) is 2.49. The Morgan fingerprint density at radius 3 is 2.89 bits per heavy atom. The van der Waals surface area contributed by atoms with Crippen molar-refractivity contribution < 1.29 is 13.5 Å². The maximum absolute atomic E-state index is 12.5. The van der Waals surface area contributed by atoms with E-state index in [4.69, 9.17) is 10.8 Å². The van der Waals surface area contributed by atoms with E-state index in [0.29, 0.717) is 25.2 Å². The Balaban J connectivity index is 2.19. The first-order valence-electron chi connectivity index (χ1n) is 6.50. The van der Waals surface area contributed by atoms with Gasteiger partial charge in [0.15, 0.2) is 0 Å². The van der Waals surface area contributed by atoms with E-state index in [1.165, 1.54) is 10.4 Å². The lowest BCUT2D eigenvalue weighted by Gasteiger charge is -2.31. The molecule has 1 atom stereocenters. The van der Waals surface area contributed by atoms with Crippen LogP contribution in [0.1, 0.15) is 19.3 Å². The van der Waals surface area contributed by atoms with Crippen LogP contribution in [-0.4, -0.2) is 37.5 Å². The number of anilines is 1. The molecule has 19 heavy (non-hydrogen) atoms. The molecule has 1 unspecified atom stereocenters. The van der Waals surface area contributed by atoms with E-state index in [1.54, 1.807) is 18.2 Å². The van der Waals surface area contributed by atoms with Crippen molar-refractivity contribution >= 4 is 15.7 Å². The summed E-state index contributed by atoms with van der Waals surface area (Å²) in [5.74, 6) is 0.245. The van der Waals surface area contributed by atoms with Gasteiger partial charge in [0.25, 0.3) is 0 Å². The quantitative estimate of drug-likeness (QED) is 0.810. The molecule has 0 aromatic heterocycles. The van der Waals surface area contributed by atoms with E-state index in [0.717, 1.165) is 12.8 Å². The lowest BCUT2D eigenvalue weighted by molar-refractivity contribution is 0.203. The second-order valence-electron chi connectivity index (χ2n) is 4.96. The second kappa shape index (κ2) is 5.90. The molecule has 0 saturated carbocycles. The average Bonchev–Trinajstić information content (AvgIpc) is 2.39. The van der Waals surface area contributed by atoms with Crippen molar-refractivity contribution in [2.45, 2.75) is 24.2 Å². The highest BCUT2D eigenvalue weighted by Gasteiger charge is 2.29. The van der Waals surface area contributed by atoms with Crippen molar-refractivity contribution in [2.24, 2.45) is 5.92 Å². The van der Waals surface area contributed by atoms with E-state index in [-0.39, 0.29) is 17.4 Å². The van der Waals surface area contributed by atoms with Crippen molar-refractivity contribution in [3.63, 3.8) is 0 Å². The van der Waals surface area contributed by atoms with E-state index in [9.17, 15) is 8.42 Å². The first-order chi connectivity index (χ1) is 9.04. The molecule has 5 nitrogen and oxygen atoms in total. The lowest BCUT2D eigenvalue weighted by atomic mass is 9.97. The summed E-state index contributed by atoms with van der Waals surface area (Å²) in [4.78, 5) is 0.247. The van der Waals surface area contributed by atoms with Gasteiger partial charge in [-0.15, -0.1) is 0 Å². The molecule has 1 saturated heterocycles. The fraction of sp³-hybridized carbons (Fsp3) is 0.538. The molecule has 1 aromatic rings. The highest BCUT2D eigenvalue weighted by molar-refractivity contribution is 7.89. The maximum Gasteiger partial charge on any atom is 0.243 e. The number of nitrogen functional groups attached to an aromatic ring is 1. The molecular formula is C13H20N2O3S. The summed E-state index contributed by atoms with van der Waals surface area (Å²) in [6, 6.07) is 6.38. The third kappa shape index (κ3) is 3.26. The van der Waals surface area contributed by atoms with Crippen molar-refractivity contribution in [1.82, 2.24) is 4.31 Å². The normalized spacial score (nSPS) is 21.4. The highest BCUT2D eigenvalue weighted by Crippen LogP contribution is 2.25. The van der Waals surface area contributed by atoms with E-state index in [2.05, 4.69) is 0 Å². The van der Waals surface area contributed by atoms with Gasteiger partial charge in [-0.3, -0.25) is 0 Å². The van der Waals surface area contributed by atoms with Crippen LogP contribution in [0.5, 0.6) is 0 Å². The number of benzene rings is 1. The number of hydrogen-bond acceptors (Lipinski definition) is 4. The maximum atomic E-state index is 12.5. The lowest BCUT2D eigenvalue weighted by Crippen LogP contribution is -2.40. The summed E-state index contributed by atoms with van der Waals surface area (Å²) in [6.45, 7) is 1.13. The molecular weight excluding hydrogens is 264 g/mol. The van der Waals surface area contributed by atoms with Gasteiger partial charge in [0.2, 0.25) is 10.0 Å². The molecule has 0 amide bonds. The zero-order valence-electron chi connectivity index (χ0n) is 10.8. The van der Waals surface area contributed by atoms with E-state index >= 15 is 0 Å². The molecule has 0 bridgehead atoms. The molecule has 0 radical (unpaired) electrons. The number of sulfonamides is 1. The van der Waals surface area contributed by atoms with Gasteiger partial charge >= 0.3 is 0 Å².